The molecule has 1 aromatic rings. The summed E-state index contributed by atoms with van der Waals surface area (Å²) >= 11 is 0. The number of rotatable bonds is 7. The number of nitrogens with two attached hydrogens (primary N) is 1. The SMILES string of the molecule is CC(C)CC[C@H](N)c1cccc(OC(F)(F)C(F)F)c1. The Bertz CT molecular complexity index is 423. The maximum Gasteiger partial charge on any atom is 0.461 e. The van der Waals surface area contributed by atoms with Crippen LogP contribution in [0, 0.1) is 5.92 Å². The average Bonchev–Trinajstić information content (AvgIpc) is 2.35. The van der Waals surface area contributed by atoms with Crippen LogP contribution in [-0.2, 0) is 0 Å². The summed E-state index contributed by atoms with van der Waals surface area (Å²) in [4.78, 5) is 0. The Kier molecular flexibility index (Phi) is 5.80. The first-order valence-electron chi connectivity index (χ1n) is 6.43. The predicted molar refractivity (Wildman–Crippen MR) is 69.0 cm³/mol. The van der Waals surface area contributed by atoms with Gasteiger partial charge in [0.1, 0.15) is 5.75 Å². The largest absolute Gasteiger partial charge is 0.461 e. The summed E-state index contributed by atoms with van der Waals surface area (Å²) in [6, 6.07) is 5.27. The number of halogens is 4. The van der Waals surface area contributed by atoms with Gasteiger partial charge in [-0.1, -0.05) is 26.0 Å². The second-order valence-electron chi connectivity index (χ2n) is 5.11. The second kappa shape index (κ2) is 6.92. The smallest absolute Gasteiger partial charge is 0.428 e. The molecular formula is C14H19F4NO. The van der Waals surface area contributed by atoms with Gasteiger partial charge in [-0.2, -0.15) is 17.6 Å². The van der Waals surface area contributed by atoms with E-state index in [1.165, 1.54) is 18.2 Å². The molecule has 0 aliphatic heterocycles. The van der Waals surface area contributed by atoms with E-state index in [2.05, 4.69) is 18.6 Å². The third kappa shape index (κ3) is 5.00. The number of ether oxygens (including phenoxy) is 1. The Morgan fingerprint density at radius 1 is 1.20 bits per heavy atom. The van der Waals surface area contributed by atoms with Crippen LogP contribution in [0.4, 0.5) is 17.6 Å². The van der Waals surface area contributed by atoms with Gasteiger partial charge in [0.2, 0.25) is 0 Å². The monoisotopic (exact) mass is 293 g/mol. The molecule has 2 nitrogen and oxygen atoms in total. The molecule has 0 bridgehead atoms. The van der Waals surface area contributed by atoms with Crippen molar-refractivity contribution >= 4 is 0 Å². The molecule has 0 spiro atoms. The molecule has 0 aliphatic carbocycles. The molecule has 0 saturated carbocycles. The van der Waals surface area contributed by atoms with Crippen LogP contribution in [0.25, 0.3) is 0 Å². The van der Waals surface area contributed by atoms with E-state index in [0.717, 1.165) is 6.42 Å². The summed E-state index contributed by atoms with van der Waals surface area (Å²) in [5.41, 5.74) is 6.54. The minimum Gasteiger partial charge on any atom is -0.428 e. The molecule has 0 unspecified atom stereocenters. The zero-order chi connectivity index (χ0) is 15.3. The topological polar surface area (TPSA) is 35.2 Å². The van der Waals surface area contributed by atoms with Crippen LogP contribution in [0.2, 0.25) is 0 Å². The second-order valence-corrected chi connectivity index (χ2v) is 5.11. The lowest BCUT2D eigenvalue weighted by molar-refractivity contribution is -0.253. The van der Waals surface area contributed by atoms with E-state index in [1.54, 1.807) is 6.07 Å². The van der Waals surface area contributed by atoms with Crippen molar-refractivity contribution in [1.82, 2.24) is 0 Å². The van der Waals surface area contributed by atoms with Gasteiger partial charge in [0.15, 0.2) is 0 Å². The first kappa shape index (κ1) is 16.8. The van der Waals surface area contributed by atoms with Crippen molar-refractivity contribution < 1.29 is 22.3 Å². The lowest BCUT2D eigenvalue weighted by Gasteiger charge is -2.18. The van der Waals surface area contributed by atoms with Gasteiger partial charge < -0.3 is 10.5 Å². The van der Waals surface area contributed by atoms with Gasteiger partial charge in [-0.05, 0) is 36.5 Å². The van der Waals surface area contributed by atoms with Gasteiger partial charge in [0.25, 0.3) is 0 Å². The molecule has 1 rings (SSSR count). The predicted octanol–water partition coefficient (Wildman–Crippen LogP) is 4.36. The Hall–Kier alpha value is -1.30. The van der Waals surface area contributed by atoms with E-state index < -0.39 is 12.5 Å². The third-order valence-corrected chi connectivity index (χ3v) is 2.85. The highest BCUT2D eigenvalue weighted by molar-refractivity contribution is 5.30. The summed E-state index contributed by atoms with van der Waals surface area (Å²) < 4.78 is 53.8. The first-order chi connectivity index (χ1) is 9.22. The minimum atomic E-state index is -4.50. The Labute approximate surface area is 115 Å². The quantitative estimate of drug-likeness (QED) is 0.758. The van der Waals surface area contributed by atoms with Crippen LogP contribution >= 0.6 is 0 Å². The van der Waals surface area contributed by atoms with Crippen LogP contribution in [0.1, 0.15) is 38.3 Å². The van der Waals surface area contributed by atoms with Crippen molar-refractivity contribution in [3.05, 3.63) is 29.8 Å². The van der Waals surface area contributed by atoms with Crippen molar-refractivity contribution in [2.45, 2.75) is 45.3 Å². The zero-order valence-electron chi connectivity index (χ0n) is 11.5. The molecule has 20 heavy (non-hydrogen) atoms. The highest BCUT2D eigenvalue weighted by Crippen LogP contribution is 2.29. The van der Waals surface area contributed by atoms with Crippen molar-refractivity contribution in [2.75, 3.05) is 0 Å². The highest BCUT2D eigenvalue weighted by atomic mass is 19.3. The van der Waals surface area contributed by atoms with E-state index in [9.17, 15) is 17.6 Å². The molecule has 1 aromatic carbocycles. The van der Waals surface area contributed by atoms with Crippen molar-refractivity contribution in [1.29, 1.82) is 0 Å². The molecule has 0 amide bonds. The lowest BCUT2D eigenvalue weighted by atomic mass is 9.98. The highest BCUT2D eigenvalue weighted by Gasteiger charge is 2.43. The minimum absolute atomic E-state index is 0.312. The fourth-order valence-corrected chi connectivity index (χ4v) is 1.69. The molecule has 0 aliphatic rings. The molecule has 1 atom stereocenters. The summed E-state index contributed by atoms with van der Waals surface area (Å²) in [5, 5.41) is 0. The molecular weight excluding hydrogens is 274 g/mol. The molecule has 0 heterocycles. The first-order valence-corrected chi connectivity index (χ1v) is 6.43. The summed E-state index contributed by atoms with van der Waals surface area (Å²) in [7, 11) is 0. The van der Waals surface area contributed by atoms with Gasteiger partial charge >= 0.3 is 12.5 Å². The van der Waals surface area contributed by atoms with Gasteiger partial charge in [0, 0.05) is 6.04 Å². The fraction of sp³-hybridized carbons (Fsp3) is 0.571. The third-order valence-electron chi connectivity index (χ3n) is 2.85. The fourth-order valence-electron chi connectivity index (χ4n) is 1.69. The zero-order valence-corrected chi connectivity index (χ0v) is 11.5. The molecule has 0 saturated heterocycles. The van der Waals surface area contributed by atoms with Crippen LogP contribution < -0.4 is 10.5 Å². The Morgan fingerprint density at radius 3 is 2.40 bits per heavy atom. The Morgan fingerprint density at radius 2 is 1.85 bits per heavy atom. The lowest BCUT2D eigenvalue weighted by Crippen LogP contribution is -2.33. The number of alkyl halides is 4. The molecule has 2 N–H and O–H groups in total. The number of hydrogen-bond acceptors (Lipinski definition) is 2. The van der Waals surface area contributed by atoms with Crippen molar-refractivity contribution in [3.8, 4) is 5.75 Å². The number of hydrogen-bond donors (Lipinski definition) is 1. The van der Waals surface area contributed by atoms with Crippen molar-refractivity contribution in [2.24, 2.45) is 11.7 Å². The molecule has 0 fully saturated rings. The number of benzene rings is 1. The maximum absolute atomic E-state index is 12.8. The molecule has 0 aromatic heterocycles. The van der Waals surface area contributed by atoms with Gasteiger partial charge in [-0.3, -0.25) is 0 Å². The molecule has 114 valence electrons. The van der Waals surface area contributed by atoms with Crippen LogP contribution in [0.3, 0.4) is 0 Å². The van der Waals surface area contributed by atoms with E-state index in [4.69, 9.17) is 5.73 Å². The maximum atomic E-state index is 12.8. The van der Waals surface area contributed by atoms with E-state index in [-0.39, 0.29) is 11.8 Å². The van der Waals surface area contributed by atoms with Crippen LogP contribution in [0.15, 0.2) is 24.3 Å². The normalized spacial score (nSPS) is 13.8. The van der Waals surface area contributed by atoms with E-state index in [1.807, 2.05) is 0 Å². The Balaban J connectivity index is 2.75. The standard InChI is InChI=1S/C14H19F4NO/c1-9(2)6-7-12(19)10-4-3-5-11(8-10)20-14(17,18)13(15)16/h3-5,8-9,12-13H,6-7,19H2,1-2H3/t12-/m0/s1. The summed E-state index contributed by atoms with van der Waals surface area (Å²) in [6.45, 7) is 4.10. The average molecular weight is 293 g/mol. The van der Waals surface area contributed by atoms with Crippen LogP contribution in [0.5, 0.6) is 5.75 Å². The van der Waals surface area contributed by atoms with Gasteiger partial charge in [-0.25, -0.2) is 0 Å². The molecule has 6 heteroatoms. The van der Waals surface area contributed by atoms with Crippen molar-refractivity contribution in [3.63, 3.8) is 0 Å². The van der Waals surface area contributed by atoms with Gasteiger partial charge in [0.05, 0.1) is 0 Å². The van der Waals surface area contributed by atoms with E-state index in [0.29, 0.717) is 17.9 Å². The summed E-state index contributed by atoms with van der Waals surface area (Å²) in [6.07, 6.45) is -6.80. The van der Waals surface area contributed by atoms with E-state index >= 15 is 0 Å². The molecule has 0 radical (unpaired) electrons. The van der Waals surface area contributed by atoms with Crippen LogP contribution in [-0.4, -0.2) is 12.5 Å². The summed E-state index contributed by atoms with van der Waals surface area (Å²) in [5.74, 6) is 0.163. The van der Waals surface area contributed by atoms with Gasteiger partial charge in [-0.15, -0.1) is 0 Å².